The van der Waals surface area contributed by atoms with Crippen molar-refractivity contribution in [2.24, 2.45) is 0 Å². The maximum atomic E-state index is 11.4. The summed E-state index contributed by atoms with van der Waals surface area (Å²) in [6.07, 6.45) is 1.23. The zero-order valence-electron chi connectivity index (χ0n) is 9.17. The van der Waals surface area contributed by atoms with Gasteiger partial charge in [-0.05, 0) is 23.9 Å². The Balaban J connectivity index is 2.31. The third-order valence-corrected chi connectivity index (χ3v) is 2.88. The van der Waals surface area contributed by atoms with Crippen LogP contribution in [0.5, 0.6) is 5.75 Å². The van der Waals surface area contributed by atoms with Crippen LogP contribution in [0.4, 0.5) is 0 Å². The second kappa shape index (κ2) is 4.96. The molecule has 0 amide bonds. The van der Waals surface area contributed by atoms with E-state index >= 15 is 0 Å². The van der Waals surface area contributed by atoms with E-state index in [1.165, 1.54) is 25.6 Å². The highest BCUT2D eigenvalue weighted by molar-refractivity contribution is 7.99. The van der Waals surface area contributed by atoms with Crippen molar-refractivity contribution in [1.82, 2.24) is 9.97 Å². The Labute approximate surface area is 105 Å². The fourth-order valence-corrected chi connectivity index (χ4v) is 2.04. The third kappa shape index (κ3) is 2.38. The predicted octanol–water partition coefficient (Wildman–Crippen LogP) is 1.22. The van der Waals surface area contributed by atoms with Crippen molar-refractivity contribution in [3.63, 3.8) is 0 Å². The number of ether oxygens (including phenoxy) is 1. The molecule has 2 N–H and O–H groups in total. The van der Waals surface area contributed by atoms with Gasteiger partial charge in [0.25, 0.3) is 5.56 Å². The average molecular weight is 268 g/mol. The molecule has 0 saturated heterocycles. The third-order valence-electron chi connectivity index (χ3n) is 1.97. The molecule has 94 valence electrons. The number of methoxy groups -OCH3 is 1. The van der Waals surface area contributed by atoms with Crippen LogP contribution in [0.15, 0.2) is 37.8 Å². The lowest BCUT2D eigenvalue weighted by Gasteiger charge is -2.02. The molecule has 2 aromatic heterocycles. The van der Waals surface area contributed by atoms with Crippen molar-refractivity contribution in [3.05, 3.63) is 34.6 Å². The summed E-state index contributed by atoms with van der Waals surface area (Å²) in [6.45, 7) is 0. The highest BCUT2D eigenvalue weighted by atomic mass is 32.2. The van der Waals surface area contributed by atoms with Crippen molar-refractivity contribution in [2.75, 3.05) is 7.11 Å². The Morgan fingerprint density at radius 1 is 1.56 bits per heavy atom. The highest BCUT2D eigenvalue weighted by Gasteiger charge is 2.14. The van der Waals surface area contributed by atoms with Gasteiger partial charge in [-0.3, -0.25) is 4.79 Å². The zero-order chi connectivity index (χ0) is 13.1. The summed E-state index contributed by atoms with van der Waals surface area (Å²) in [7, 11) is 1.35. The van der Waals surface area contributed by atoms with E-state index in [-0.39, 0.29) is 11.5 Å². The van der Waals surface area contributed by atoms with Crippen LogP contribution in [0.25, 0.3) is 0 Å². The van der Waals surface area contributed by atoms with Crippen molar-refractivity contribution in [2.45, 2.75) is 10.1 Å². The lowest BCUT2D eigenvalue weighted by atomic mass is 10.5. The first kappa shape index (κ1) is 12.2. The standard InChI is InChI=1S/C10H8N2O5S/c1-16-7-8(13)11-4-12-9(7)18-6-3-2-5(17-6)10(14)15/h2-4H,1H3,(H,14,15)(H,11,12,13). The van der Waals surface area contributed by atoms with Crippen LogP contribution in [0.2, 0.25) is 0 Å². The summed E-state index contributed by atoms with van der Waals surface area (Å²) in [5.74, 6) is -1.29. The monoisotopic (exact) mass is 268 g/mol. The van der Waals surface area contributed by atoms with E-state index in [1.807, 2.05) is 0 Å². The summed E-state index contributed by atoms with van der Waals surface area (Å²) < 4.78 is 9.96. The minimum Gasteiger partial charge on any atom is -0.489 e. The van der Waals surface area contributed by atoms with Crippen molar-refractivity contribution < 1.29 is 19.1 Å². The molecule has 8 heteroatoms. The van der Waals surface area contributed by atoms with Gasteiger partial charge in [0, 0.05) is 0 Å². The molecular formula is C10H8N2O5S. The van der Waals surface area contributed by atoms with Gasteiger partial charge in [0.05, 0.1) is 13.4 Å². The number of hydrogen-bond acceptors (Lipinski definition) is 6. The Hall–Kier alpha value is -2.22. The smallest absolute Gasteiger partial charge is 0.371 e. The van der Waals surface area contributed by atoms with Gasteiger partial charge in [-0.15, -0.1) is 0 Å². The van der Waals surface area contributed by atoms with E-state index in [1.54, 1.807) is 0 Å². The normalized spacial score (nSPS) is 10.3. The molecule has 2 rings (SSSR count). The fraction of sp³-hybridized carbons (Fsp3) is 0.100. The average Bonchev–Trinajstić information content (AvgIpc) is 2.78. The fourth-order valence-electron chi connectivity index (χ4n) is 1.21. The number of carboxylic acids is 1. The van der Waals surface area contributed by atoms with Crippen LogP contribution in [-0.4, -0.2) is 28.2 Å². The Bertz CT molecular complexity index is 633. The quantitative estimate of drug-likeness (QED) is 0.803. The molecule has 0 aliphatic carbocycles. The molecule has 7 nitrogen and oxygen atoms in total. The molecule has 2 aromatic rings. The second-order valence-corrected chi connectivity index (χ2v) is 4.09. The molecule has 0 saturated carbocycles. The number of furan rings is 1. The highest BCUT2D eigenvalue weighted by Crippen LogP contribution is 2.31. The van der Waals surface area contributed by atoms with Crippen molar-refractivity contribution >= 4 is 17.7 Å². The van der Waals surface area contributed by atoms with E-state index < -0.39 is 11.5 Å². The molecule has 2 heterocycles. The largest absolute Gasteiger partial charge is 0.489 e. The number of aromatic nitrogens is 2. The lowest BCUT2D eigenvalue weighted by Crippen LogP contribution is -2.10. The first-order valence-corrected chi connectivity index (χ1v) is 5.56. The van der Waals surface area contributed by atoms with Gasteiger partial charge in [0.15, 0.2) is 10.1 Å². The molecule has 0 aliphatic heterocycles. The van der Waals surface area contributed by atoms with Crippen LogP contribution in [0, 0.1) is 0 Å². The first-order chi connectivity index (χ1) is 8.61. The number of aromatic carboxylic acids is 1. The van der Waals surface area contributed by atoms with Crippen LogP contribution >= 0.6 is 11.8 Å². The zero-order valence-corrected chi connectivity index (χ0v) is 9.98. The number of carbonyl (C=O) groups is 1. The maximum Gasteiger partial charge on any atom is 0.371 e. The summed E-state index contributed by atoms with van der Waals surface area (Å²) in [6, 6.07) is 2.81. The number of carboxylic acid groups (broad SMARTS) is 1. The van der Waals surface area contributed by atoms with Gasteiger partial charge < -0.3 is 19.2 Å². The molecule has 0 bridgehead atoms. The molecule has 0 atom stereocenters. The molecule has 18 heavy (non-hydrogen) atoms. The van der Waals surface area contributed by atoms with Crippen LogP contribution in [0.3, 0.4) is 0 Å². The molecule has 0 aromatic carbocycles. The van der Waals surface area contributed by atoms with E-state index in [2.05, 4.69) is 9.97 Å². The summed E-state index contributed by atoms with van der Waals surface area (Å²) >= 11 is 1.01. The molecule has 0 radical (unpaired) electrons. The van der Waals surface area contributed by atoms with Gasteiger partial charge >= 0.3 is 5.97 Å². The lowest BCUT2D eigenvalue weighted by molar-refractivity contribution is 0.0656. The number of H-pyrrole nitrogens is 1. The summed E-state index contributed by atoms with van der Waals surface area (Å²) in [5.41, 5.74) is -0.417. The first-order valence-electron chi connectivity index (χ1n) is 4.74. The molecule has 0 fully saturated rings. The van der Waals surface area contributed by atoms with E-state index in [9.17, 15) is 9.59 Å². The van der Waals surface area contributed by atoms with E-state index in [0.29, 0.717) is 10.1 Å². The molecule has 0 unspecified atom stereocenters. The molecular weight excluding hydrogens is 260 g/mol. The summed E-state index contributed by atoms with van der Waals surface area (Å²) in [4.78, 5) is 28.4. The summed E-state index contributed by atoms with van der Waals surface area (Å²) in [5, 5.41) is 9.32. The predicted molar refractivity (Wildman–Crippen MR) is 61.2 cm³/mol. The van der Waals surface area contributed by atoms with Crippen molar-refractivity contribution in [1.29, 1.82) is 0 Å². The van der Waals surface area contributed by atoms with Gasteiger partial charge in [-0.2, -0.15) is 0 Å². The van der Waals surface area contributed by atoms with Gasteiger partial charge in [0.1, 0.15) is 0 Å². The SMILES string of the molecule is COc1c(Sc2ccc(C(=O)O)o2)nc[nH]c1=O. The molecule has 0 aliphatic rings. The molecule has 0 spiro atoms. The number of aromatic amines is 1. The number of rotatable bonds is 4. The van der Waals surface area contributed by atoms with E-state index in [0.717, 1.165) is 11.8 Å². The Kier molecular flexibility index (Phi) is 3.38. The minimum absolute atomic E-state index is 0.0516. The number of nitrogens with one attached hydrogen (secondary N) is 1. The van der Waals surface area contributed by atoms with Gasteiger partial charge in [-0.1, -0.05) is 0 Å². The maximum absolute atomic E-state index is 11.4. The van der Waals surface area contributed by atoms with Crippen LogP contribution in [0.1, 0.15) is 10.6 Å². The number of hydrogen-bond donors (Lipinski definition) is 2. The Morgan fingerprint density at radius 3 is 2.94 bits per heavy atom. The van der Waals surface area contributed by atoms with Crippen LogP contribution in [-0.2, 0) is 0 Å². The van der Waals surface area contributed by atoms with Crippen LogP contribution < -0.4 is 10.3 Å². The van der Waals surface area contributed by atoms with Gasteiger partial charge in [0.2, 0.25) is 11.5 Å². The Morgan fingerprint density at radius 2 is 2.33 bits per heavy atom. The number of nitrogens with zero attached hydrogens (tertiary/aromatic N) is 1. The van der Waals surface area contributed by atoms with Gasteiger partial charge in [-0.25, -0.2) is 9.78 Å². The van der Waals surface area contributed by atoms with Crippen molar-refractivity contribution in [3.8, 4) is 5.75 Å². The minimum atomic E-state index is -1.16. The topological polar surface area (TPSA) is 105 Å². The second-order valence-electron chi connectivity index (χ2n) is 3.10. The van der Waals surface area contributed by atoms with E-state index in [4.69, 9.17) is 14.3 Å².